The Morgan fingerprint density at radius 3 is 2.74 bits per heavy atom. The van der Waals surface area contributed by atoms with Crippen molar-refractivity contribution in [1.82, 2.24) is 14.6 Å². The Morgan fingerprint density at radius 2 is 2.00 bits per heavy atom. The van der Waals surface area contributed by atoms with E-state index in [2.05, 4.69) is 10.1 Å². The fourth-order valence-electron chi connectivity index (χ4n) is 1.96. The minimum Gasteiger partial charge on any atom is -0.508 e. The summed E-state index contributed by atoms with van der Waals surface area (Å²) >= 11 is 0. The predicted octanol–water partition coefficient (Wildman–Crippen LogP) is 2.03. The molecule has 2 heterocycles. The second-order valence-corrected chi connectivity index (χ2v) is 4.22. The van der Waals surface area contributed by atoms with Crippen molar-refractivity contribution in [3.63, 3.8) is 0 Å². The van der Waals surface area contributed by atoms with Gasteiger partial charge in [0.1, 0.15) is 5.75 Å². The van der Waals surface area contributed by atoms with Gasteiger partial charge < -0.3 is 9.84 Å². The maximum atomic E-state index is 9.25. The molecule has 0 aliphatic rings. The molecule has 0 aliphatic carbocycles. The summed E-state index contributed by atoms with van der Waals surface area (Å²) < 4.78 is 6.95. The Balaban J connectivity index is 1.95. The van der Waals surface area contributed by atoms with E-state index in [0.717, 1.165) is 11.4 Å². The van der Waals surface area contributed by atoms with E-state index >= 15 is 0 Å². The third-order valence-electron chi connectivity index (χ3n) is 2.89. The fraction of sp³-hybridized carbons (Fsp3) is 0.143. The lowest BCUT2D eigenvalue weighted by molar-refractivity contribution is 0.416. The third-order valence-corrected chi connectivity index (χ3v) is 2.89. The molecule has 1 N–H and O–H groups in total. The van der Waals surface area contributed by atoms with Crippen LogP contribution in [0.2, 0.25) is 0 Å². The molecule has 96 valence electrons. The Labute approximate surface area is 110 Å². The second-order valence-electron chi connectivity index (χ2n) is 4.22. The molecular weight excluding hydrogens is 242 g/mol. The Bertz CT molecular complexity index is 704. The van der Waals surface area contributed by atoms with E-state index in [-0.39, 0.29) is 5.75 Å². The van der Waals surface area contributed by atoms with Crippen LogP contribution >= 0.6 is 0 Å². The molecule has 0 saturated heterocycles. The van der Waals surface area contributed by atoms with Crippen molar-refractivity contribution in [2.45, 2.75) is 6.42 Å². The van der Waals surface area contributed by atoms with Gasteiger partial charge in [-0.2, -0.15) is 5.10 Å². The van der Waals surface area contributed by atoms with Crippen LogP contribution in [0.3, 0.4) is 0 Å². The molecule has 0 bridgehead atoms. The lowest BCUT2D eigenvalue weighted by Crippen LogP contribution is -1.92. The molecule has 5 nitrogen and oxygen atoms in total. The fourth-order valence-corrected chi connectivity index (χ4v) is 1.96. The van der Waals surface area contributed by atoms with Gasteiger partial charge in [-0.3, -0.25) is 0 Å². The number of aromatic nitrogens is 3. The molecule has 0 fully saturated rings. The van der Waals surface area contributed by atoms with Crippen LogP contribution in [0.5, 0.6) is 11.5 Å². The summed E-state index contributed by atoms with van der Waals surface area (Å²) in [5.41, 5.74) is 1.76. The molecule has 19 heavy (non-hydrogen) atoms. The number of methoxy groups -OCH3 is 1. The zero-order chi connectivity index (χ0) is 13.2. The van der Waals surface area contributed by atoms with E-state index in [9.17, 15) is 5.11 Å². The van der Waals surface area contributed by atoms with Gasteiger partial charge >= 0.3 is 0 Å². The highest BCUT2D eigenvalue weighted by Crippen LogP contribution is 2.18. The highest BCUT2D eigenvalue weighted by atomic mass is 16.5. The number of rotatable bonds is 3. The predicted molar refractivity (Wildman–Crippen MR) is 70.5 cm³/mol. The standard InChI is InChI=1S/C14H13N3O2/c1-19-12-3-2-8-17-14(12)15-13(16-17)9-10-4-6-11(18)7-5-10/h2-8,18H,9H2,1H3. The topological polar surface area (TPSA) is 59.7 Å². The van der Waals surface area contributed by atoms with Crippen LogP contribution in [-0.4, -0.2) is 26.8 Å². The van der Waals surface area contributed by atoms with Crippen LogP contribution in [0, 0.1) is 0 Å². The van der Waals surface area contributed by atoms with Crippen LogP contribution in [0.1, 0.15) is 11.4 Å². The van der Waals surface area contributed by atoms with Gasteiger partial charge in [-0.25, -0.2) is 9.50 Å². The summed E-state index contributed by atoms with van der Waals surface area (Å²) in [7, 11) is 1.61. The van der Waals surface area contributed by atoms with E-state index in [1.54, 1.807) is 23.8 Å². The first-order valence-corrected chi connectivity index (χ1v) is 5.92. The quantitative estimate of drug-likeness (QED) is 0.778. The SMILES string of the molecule is COc1cccn2nc(Cc3ccc(O)cc3)nc12. The van der Waals surface area contributed by atoms with Gasteiger partial charge in [0.15, 0.2) is 17.2 Å². The number of phenols is 1. The lowest BCUT2D eigenvalue weighted by Gasteiger charge is -1.98. The number of aromatic hydroxyl groups is 1. The van der Waals surface area contributed by atoms with Crippen molar-refractivity contribution < 1.29 is 9.84 Å². The Kier molecular flexibility index (Phi) is 2.79. The van der Waals surface area contributed by atoms with Gasteiger partial charge in [-0.05, 0) is 29.8 Å². The van der Waals surface area contributed by atoms with Crippen molar-refractivity contribution in [3.05, 3.63) is 54.0 Å². The number of pyridine rings is 1. The number of hydrogen-bond acceptors (Lipinski definition) is 4. The van der Waals surface area contributed by atoms with Crippen molar-refractivity contribution >= 4 is 5.65 Å². The van der Waals surface area contributed by atoms with Gasteiger partial charge in [-0.15, -0.1) is 0 Å². The van der Waals surface area contributed by atoms with Gasteiger partial charge in [0.05, 0.1) is 7.11 Å². The second kappa shape index (κ2) is 4.61. The van der Waals surface area contributed by atoms with E-state index in [0.29, 0.717) is 17.8 Å². The number of ether oxygens (including phenoxy) is 1. The summed E-state index contributed by atoms with van der Waals surface area (Å²) in [6, 6.07) is 10.8. The largest absolute Gasteiger partial charge is 0.508 e. The highest BCUT2D eigenvalue weighted by molar-refractivity contribution is 5.52. The summed E-state index contributed by atoms with van der Waals surface area (Å²) in [4.78, 5) is 4.47. The van der Waals surface area contributed by atoms with Gasteiger partial charge in [0.2, 0.25) is 0 Å². The van der Waals surface area contributed by atoms with E-state index < -0.39 is 0 Å². The molecule has 0 amide bonds. The minimum absolute atomic E-state index is 0.258. The van der Waals surface area contributed by atoms with Crippen molar-refractivity contribution in [1.29, 1.82) is 0 Å². The number of benzene rings is 1. The van der Waals surface area contributed by atoms with E-state index in [1.165, 1.54) is 0 Å². The zero-order valence-electron chi connectivity index (χ0n) is 10.4. The molecule has 3 rings (SSSR count). The molecule has 0 unspecified atom stereocenters. The van der Waals surface area contributed by atoms with Crippen molar-refractivity contribution in [3.8, 4) is 11.5 Å². The highest BCUT2D eigenvalue weighted by Gasteiger charge is 2.08. The number of hydrogen-bond donors (Lipinski definition) is 1. The van der Waals surface area contributed by atoms with Gasteiger partial charge in [0, 0.05) is 12.6 Å². The summed E-state index contributed by atoms with van der Waals surface area (Å²) in [6.07, 6.45) is 2.45. The Hall–Kier alpha value is -2.56. The van der Waals surface area contributed by atoms with Crippen LogP contribution < -0.4 is 4.74 Å². The van der Waals surface area contributed by atoms with Crippen LogP contribution in [0.15, 0.2) is 42.6 Å². The molecule has 1 aromatic carbocycles. The molecule has 0 saturated carbocycles. The molecular formula is C14H13N3O2. The summed E-state index contributed by atoms with van der Waals surface area (Å²) in [5, 5.41) is 13.7. The zero-order valence-corrected chi connectivity index (χ0v) is 10.4. The lowest BCUT2D eigenvalue weighted by atomic mass is 10.1. The maximum absolute atomic E-state index is 9.25. The number of nitrogens with zero attached hydrogens (tertiary/aromatic N) is 3. The molecule has 5 heteroatoms. The summed E-state index contributed by atoms with van der Waals surface area (Å²) in [5.74, 6) is 1.68. The maximum Gasteiger partial charge on any atom is 0.198 e. The smallest absolute Gasteiger partial charge is 0.198 e. The van der Waals surface area contributed by atoms with Crippen LogP contribution in [0.25, 0.3) is 5.65 Å². The van der Waals surface area contributed by atoms with Crippen LogP contribution in [0.4, 0.5) is 0 Å². The van der Waals surface area contributed by atoms with E-state index in [1.807, 2.05) is 30.5 Å². The summed E-state index contributed by atoms with van der Waals surface area (Å²) in [6.45, 7) is 0. The van der Waals surface area contributed by atoms with Crippen molar-refractivity contribution in [2.75, 3.05) is 7.11 Å². The average molecular weight is 255 g/mol. The first-order valence-electron chi connectivity index (χ1n) is 5.92. The Morgan fingerprint density at radius 1 is 1.21 bits per heavy atom. The van der Waals surface area contributed by atoms with Crippen LogP contribution in [-0.2, 0) is 6.42 Å². The van der Waals surface area contributed by atoms with Gasteiger partial charge in [-0.1, -0.05) is 12.1 Å². The van der Waals surface area contributed by atoms with Crippen molar-refractivity contribution in [2.24, 2.45) is 0 Å². The average Bonchev–Trinajstić information content (AvgIpc) is 2.83. The monoisotopic (exact) mass is 255 g/mol. The molecule has 0 spiro atoms. The first kappa shape index (κ1) is 11.5. The molecule has 0 radical (unpaired) electrons. The van der Waals surface area contributed by atoms with E-state index in [4.69, 9.17) is 4.74 Å². The molecule has 0 atom stereocenters. The number of fused-ring (bicyclic) bond motifs is 1. The van der Waals surface area contributed by atoms with Gasteiger partial charge in [0.25, 0.3) is 0 Å². The normalized spacial score (nSPS) is 10.8. The first-order chi connectivity index (χ1) is 9.26. The molecule has 3 aromatic rings. The molecule has 2 aromatic heterocycles. The molecule has 0 aliphatic heterocycles. The number of phenolic OH excluding ortho intramolecular Hbond substituents is 1. The minimum atomic E-state index is 0.258. The third kappa shape index (κ3) is 2.22.